The van der Waals surface area contributed by atoms with Gasteiger partial charge < -0.3 is 11.1 Å². The highest BCUT2D eigenvalue weighted by atomic mass is 32.1. The molecular weight excluding hydrogens is 300 g/mol. The smallest absolute Gasteiger partial charge is 0.0641 e. The first kappa shape index (κ1) is 13.9. The van der Waals surface area contributed by atoms with Crippen LogP contribution in [-0.2, 0) is 0 Å². The molecule has 4 rings (SSSR count). The van der Waals surface area contributed by atoms with Crippen LogP contribution in [0.15, 0.2) is 73.4 Å². The van der Waals surface area contributed by atoms with Gasteiger partial charge in [0, 0.05) is 32.3 Å². The molecule has 0 saturated carbocycles. The molecule has 0 radical (unpaired) electrons. The summed E-state index contributed by atoms with van der Waals surface area (Å²) in [5, 5.41) is 5.87. The van der Waals surface area contributed by atoms with E-state index in [4.69, 9.17) is 5.73 Å². The van der Waals surface area contributed by atoms with Crippen LogP contribution in [-0.4, -0.2) is 0 Å². The van der Waals surface area contributed by atoms with Crippen molar-refractivity contribution in [2.75, 3.05) is 11.1 Å². The molecule has 2 nitrogen and oxygen atoms in total. The SMILES string of the molecule is C=CNc1c(-c2ccccc2N)ccc2c1sc1ccccc12. The Balaban J connectivity index is 2.09. The molecule has 23 heavy (non-hydrogen) atoms. The molecule has 3 heteroatoms. The summed E-state index contributed by atoms with van der Waals surface area (Å²) in [7, 11) is 0. The molecule has 112 valence electrons. The predicted molar refractivity (Wildman–Crippen MR) is 103 cm³/mol. The van der Waals surface area contributed by atoms with Gasteiger partial charge in [-0.3, -0.25) is 0 Å². The summed E-state index contributed by atoms with van der Waals surface area (Å²) >= 11 is 1.79. The summed E-state index contributed by atoms with van der Waals surface area (Å²) in [4.78, 5) is 0. The molecular formula is C20H16N2S. The molecule has 3 N–H and O–H groups in total. The Bertz CT molecular complexity index is 1030. The molecule has 4 aromatic rings. The number of hydrogen-bond donors (Lipinski definition) is 2. The number of rotatable bonds is 3. The van der Waals surface area contributed by atoms with Crippen LogP contribution in [0.3, 0.4) is 0 Å². The lowest BCUT2D eigenvalue weighted by molar-refractivity contribution is 1.60. The Labute approximate surface area is 138 Å². The minimum atomic E-state index is 0.778. The Morgan fingerprint density at radius 1 is 0.870 bits per heavy atom. The quantitative estimate of drug-likeness (QED) is 0.465. The van der Waals surface area contributed by atoms with Crippen molar-refractivity contribution in [2.45, 2.75) is 0 Å². The van der Waals surface area contributed by atoms with E-state index < -0.39 is 0 Å². The molecule has 1 aromatic heterocycles. The highest BCUT2D eigenvalue weighted by Crippen LogP contribution is 2.43. The van der Waals surface area contributed by atoms with E-state index in [0.717, 1.165) is 22.5 Å². The van der Waals surface area contributed by atoms with Crippen molar-refractivity contribution in [3.05, 3.63) is 73.4 Å². The Morgan fingerprint density at radius 3 is 2.48 bits per heavy atom. The summed E-state index contributed by atoms with van der Waals surface area (Å²) in [5.74, 6) is 0. The van der Waals surface area contributed by atoms with Gasteiger partial charge in [0.15, 0.2) is 0 Å². The third-order valence-electron chi connectivity index (χ3n) is 4.04. The van der Waals surface area contributed by atoms with Crippen molar-refractivity contribution >= 4 is 42.9 Å². The number of nitrogen functional groups attached to an aromatic ring is 1. The Hall–Kier alpha value is -2.78. The number of fused-ring (bicyclic) bond motifs is 3. The monoisotopic (exact) mass is 316 g/mol. The first-order valence-electron chi connectivity index (χ1n) is 7.46. The minimum Gasteiger partial charge on any atom is -0.398 e. The van der Waals surface area contributed by atoms with Gasteiger partial charge in [0.1, 0.15) is 0 Å². The van der Waals surface area contributed by atoms with Crippen molar-refractivity contribution in [3.8, 4) is 11.1 Å². The van der Waals surface area contributed by atoms with Crippen LogP contribution < -0.4 is 11.1 Å². The van der Waals surface area contributed by atoms with Crippen molar-refractivity contribution < 1.29 is 0 Å². The first-order chi connectivity index (χ1) is 11.3. The van der Waals surface area contributed by atoms with Crippen molar-refractivity contribution in [1.82, 2.24) is 0 Å². The van der Waals surface area contributed by atoms with Gasteiger partial charge in [-0.2, -0.15) is 0 Å². The normalized spacial score (nSPS) is 11.0. The van der Waals surface area contributed by atoms with E-state index >= 15 is 0 Å². The summed E-state index contributed by atoms with van der Waals surface area (Å²) < 4.78 is 2.51. The Kier molecular flexibility index (Phi) is 3.28. The number of nitrogens with one attached hydrogen (secondary N) is 1. The molecule has 0 fully saturated rings. The van der Waals surface area contributed by atoms with Crippen LogP contribution in [0.25, 0.3) is 31.3 Å². The zero-order valence-corrected chi connectivity index (χ0v) is 13.4. The van der Waals surface area contributed by atoms with E-state index in [1.54, 1.807) is 17.5 Å². The average Bonchev–Trinajstić information content (AvgIpc) is 2.95. The molecule has 0 atom stereocenters. The van der Waals surface area contributed by atoms with Gasteiger partial charge in [-0.25, -0.2) is 0 Å². The summed E-state index contributed by atoms with van der Waals surface area (Å²) in [5.41, 5.74) is 10.2. The summed E-state index contributed by atoms with van der Waals surface area (Å²) in [6.07, 6.45) is 1.72. The number of anilines is 2. The number of nitrogens with two attached hydrogens (primary N) is 1. The van der Waals surface area contributed by atoms with E-state index in [-0.39, 0.29) is 0 Å². The third kappa shape index (κ3) is 2.17. The van der Waals surface area contributed by atoms with E-state index in [1.165, 1.54) is 20.2 Å². The molecule has 0 spiro atoms. The van der Waals surface area contributed by atoms with Gasteiger partial charge in [0.05, 0.1) is 10.4 Å². The molecule has 0 aliphatic carbocycles. The number of hydrogen-bond acceptors (Lipinski definition) is 3. The minimum absolute atomic E-state index is 0.778. The second kappa shape index (κ2) is 5.45. The molecule has 0 saturated heterocycles. The predicted octanol–water partition coefficient (Wildman–Crippen LogP) is 5.86. The van der Waals surface area contributed by atoms with Gasteiger partial charge in [-0.15, -0.1) is 11.3 Å². The first-order valence-corrected chi connectivity index (χ1v) is 8.28. The molecule has 0 bridgehead atoms. The molecule has 1 heterocycles. The van der Waals surface area contributed by atoms with Crippen molar-refractivity contribution in [2.24, 2.45) is 0 Å². The van der Waals surface area contributed by atoms with E-state index in [9.17, 15) is 0 Å². The lowest BCUT2D eigenvalue weighted by Crippen LogP contribution is -1.94. The lowest BCUT2D eigenvalue weighted by Gasteiger charge is -2.13. The van der Waals surface area contributed by atoms with Crippen LogP contribution in [0, 0.1) is 0 Å². The van der Waals surface area contributed by atoms with E-state index in [1.807, 2.05) is 18.2 Å². The standard InChI is InChI=1S/C20H16N2S/c1-2-22-19-15(13-7-3-5-9-17(13)21)11-12-16-14-8-4-6-10-18(14)23-20(16)19/h2-12,22H,1,21H2. The number of para-hydroxylation sites is 1. The van der Waals surface area contributed by atoms with E-state index in [0.29, 0.717) is 0 Å². The van der Waals surface area contributed by atoms with Gasteiger partial charge in [-0.1, -0.05) is 55.1 Å². The maximum Gasteiger partial charge on any atom is 0.0641 e. The molecule has 0 unspecified atom stereocenters. The van der Waals surface area contributed by atoms with Gasteiger partial charge in [0.2, 0.25) is 0 Å². The fourth-order valence-electron chi connectivity index (χ4n) is 3.00. The zero-order chi connectivity index (χ0) is 15.8. The van der Waals surface area contributed by atoms with Crippen LogP contribution in [0.5, 0.6) is 0 Å². The fraction of sp³-hybridized carbons (Fsp3) is 0. The van der Waals surface area contributed by atoms with E-state index in [2.05, 4.69) is 54.4 Å². The highest BCUT2D eigenvalue weighted by molar-refractivity contribution is 7.26. The fourth-order valence-corrected chi connectivity index (χ4v) is 4.21. The second-order valence-corrected chi connectivity index (χ2v) is 6.45. The third-order valence-corrected chi connectivity index (χ3v) is 5.25. The summed E-state index contributed by atoms with van der Waals surface area (Å²) in [6, 6.07) is 20.8. The Morgan fingerprint density at radius 2 is 1.65 bits per heavy atom. The van der Waals surface area contributed by atoms with Gasteiger partial charge in [0.25, 0.3) is 0 Å². The lowest BCUT2D eigenvalue weighted by atomic mass is 10.00. The van der Waals surface area contributed by atoms with Gasteiger partial charge >= 0.3 is 0 Å². The molecule has 3 aromatic carbocycles. The number of benzene rings is 3. The molecule has 0 amide bonds. The average molecular weight is 316 g/mol. The second-order valence-electron chi connectivity index (χ2n) is 5.40. The molecule has 0 aliphatic heterocycles. The van der Waals surface area contributed by atoms with Crippen LogP contribution in [0.4, 0.5) is 11.4 Å². The highest BCUT2D eigenvalue weighted by Gasteiger charge is 2.14. The van der Waals surface area contributed by atoms with Gasteiger partial charge in [-0.05, 0) is 18.3 Å². The largest absolute Gasteiger partial charge is 0.398 e. The van der Waals surface area contributed by atoms with Crippen molar-refractivity contribution in [1.29, 1.82) is 0 Å². The van der Waals surface area contributed by atoms with Crippen LogP contribution in [0.2, 0.25) is 0 Å². The zero-order valence-electron chi connectivity index (χ0n) is 12.5. The number of thiophene rings is 1. The van der Waals surface area contributed by atoms with Crippen LogP contribution in [0.1, 0.15) is 0 Å². The molecule has 0 aliphatic rings. The van der Waals surface area contributed by atoms with Crippen molar-refractivity contribution in [3.63, 3.8) is 0 Å². The topological polar surface area (TPSA) is 38.0 Å². The summed E-state index contributed by atoms with van der Waals surface area (Å²) in [6.45, 7) is 3.84. The van der Waals surface area contributed by atoms with Crippen LogP contribution >= 0.6 is 11.3 Å². The maximum atomic E-state index is 6.19. The maximum absolute atomic E-state index is 6.19.